The number of nitrogens with one attached hydrogen (secondary N) is 2. The van der Waals surface area contributed by atoms with Gasteiger partial charge in [-0.3, -0.25) is 9.59 Å². The quantitative estimate of drug-likeness (QED) is 0.688. The largest absolute Gasteiger partial charge is 0.478 e. The van der Waals surface area contributed by atoms with Gasteiger partial charge in [0.25, 0.3) is 0 Å². The zero-order chi connectivity index (χ0) is 18.4. The molecule has 0 bridgehead atoms. The van der Waals surface area contributed by atoms with Gasteiger partial charge in [-0.15, -0.1) is 11.8 Å². The molecule has 0 saturated heterocycles. The number of aromatic carboxylic acids is 1. The molecule has 0 aliphatic heterocycles. The molecule has 25 heavy (non-hydrogen) atoms. The van der Waals surface area contributed by atoms with Crippen LogP contribution in [0.3, 0.4) is 0 Å². The van der Waals surface area contributed by atoms with Crippen molar-refractivity contribution in [1.29, 1.82) is 0 Å². The van der Waals surface area contributed by atoms with Crippen LogP contribution in [0.2, 0.25) is 0 Å². The lowest BCUT2D eigenvalue weighted by Gasteiger charge is -2.09. The lowest BCUT2D eigenvalue weighted by atomic mass is 10.1. The number of thioether (sulfide) groups is 1. The Kier molecular flexibility index (Phi) is 6.19. The Balaban J connectivity index is 1.93. The number of carbonyl (C=O) groups is 3. The highest BCUT2D eigenvalue weighted by Crippen LogP contribution is 2.22. The van der Waals surface area contributed by atoms with Gasteiger partial charge in [0.1, 0.15) is 0 Å². The van der Waals surface area contributed by atoms with Gasteiger partial charge in [0.2, 0.25) is 11.8 Å². The van der Waals surface area contributed by atoms with E-state index in [1.54, 1.807) is 25.1 Å². The number of carbonyl (C=O) groups excluding carboxylic acids is 2. The lowest BCUT2D eigenvalue weighted by molar-refractivity contribution is -0.114. The smallest absolute Gasteiger partial charge is 0.335 e. The molecule has 0 aliphatic carbocycles. The maximum absolute atomic E-state index is 12.1. The van der Waals surface area contributed by atoms with Gasteiger partial charge < -0.3 is 15.7 Å². The Morgan fingerprint density at radius 3 is 2.32 bits per heavy atom. The number of hydrogen-bond acceptors (Lipinski definition) is 4. The van der Waals surface area contributed by atoms with Gasteiger partial charge in [-0.25, -0.2) is 4.79 Å². The van der Waals surface area contributed by atoms with Crippen molar-refractivity contribution in [3.05, 3.63) is 53.6 Å². The van der Waals surface area contributed by atoms with Gasteiger partial charge in [0.15, 0.2) is 0 Å². The zero-order valence-corrected chi connectivity index (χ0v) is 14.6. The van der Waals surface area contributed by atoms with Crippen LogP contribution >= 0.6 is 11.8 Å². The molecule has 2 aromatic carbocycles. The fraction of sp³-hybridized carbons (Fsp3) is 0.167. The molecule has 2 rings (SSSR count). The van der Waals surface area contributed by atoms with E-state index in [0.717, 1.165) is 10.5 Å². The van der Waals surface area contributed by atoms with Crippen molar-refractivity contribution in [2.75, 3.05) is 16.4 Å². The Bertz CT molecular complexity index is 803. The van der Waals surface area contributed by atoms with E-state index in [2.05, 4.69) is 10.6 Å². The highest BCUT2D eigenvalue weighted by Gasteiger charge is 2.09. The minimum absolute atomic E-state index is 0.127. The van der Waals surface area contributed by atoms with Gasteiger partial charge in [0.05, 0.1) is 11.3 Å². The van der Waals surface area contributed by atoms with Gasteiger partial charge in [-0.1, -0.05) is 6.07 Å². The molecule has 130 valence electrons. The molecule has 0 aliphatic rings. The minimum Gasteiger partial charge on any atom is -0.478 e. The van der Waals surface area contributed by atoms with Crippen LogP contribution in [0.25, 0.3) is 0 Å². The number of hydrogen-bond donors (Lipinski definition) is 3. The molecular formula is C18H18N2O4S. The van der Waals surface area contributed by atoms with E-state index in [1.165, 1.54) is 30.8 Å². The first-order valence-electron chi connectivity index (χ1n) is 7.49. The zero-order valence-electron chi connectivity index (χ0n) is 13.8. The summed E-state index contributed by atoms with van der Waals surface area (Å²) in [7, 11) is 0. The van der Waals surface area contributed by atoms with Crippen LogP contribution in [-0.4, -0.2) is 28.6 Å². The molecule has 0 heterocycles. The third-order valence-corrected chi connectivity index (χ3v) is 4.32. The monoisotopic (exact) mass is 358 g/mol. The van der Waals surface area contributed by atoms with Crippen molar-refractivity contribution in [3.63, 3.8) is 0 Å². The van der Waals surface area contributed by atoms with E-state index in [1.807, 2.05) is 12.1 Å². The number of benzene rings is 2. The van der Waals surface area contributed by atoms with Crippen molar-refractivity contribution >= 4 is 40.9 Å². The van der Waals surface area contributed by atoms with Crippen molar-refractivity contribution in [2.45, 2.75) is 18.7 Å². The van der Waals surface area contributed by atoms with E-state index in [-0.39, 0.29) is 23.1 Å². The molecule has 0 saturated carbocycles. The van der Waals surface area contributed by atoms with Crippen LogP contribution in [0.1, 0.15) is 22.8 Å². The molecule has 7 heteroatoms. The Labute approximate surface area is 149 Å². The van der Waals surface area contributed by atoms with E-state index < -0.39 is 5.97 Å². The van der Waals surface area contributed by atoms with Crippen LogP contribution in [0.4, 0.5) is 11.4 Å². The first kappa shape index (κ1) is 18.5. The van der Waals surface area contributed by atoms with Crippen molar-refractivity contribution in [3.8, 4) is 0 Å². The summed E-state index contributed by atoms with van der Waals surface area (Å²) in [5.74, 6) is -1.21. The second kappa shape index (κ2) is 8.34. The normalized spacial score (nSPS) is 10.2. The average molecular weight is 358 g/mol. The highest BCUT2D eigenvalue weighted by molar-refractivity contribution is 8.00. The molecule has 3 N–H and O–H groups in total. The van der Waals surface area contributed by atoms with Crippen LogP contribution in [0, 0.1) is 6.92 Å². The van der Waals surface area contributed by atoms with Gasteiger partial charge in [0, 0.05) is 23.2 Å². The third kappa shape index (κ3) is 5.65. The second-order valence-corrected chi connectivity index (χ2v) is 6.43. The maximum atomic E-state index is 12.1. The van der Waals surface area contributed by atoms with E-state index >= 15 is 0 Å². The summed E-state index contributed by atoms with van der Waals surface area (Å²) >= 11 is 1.35. The van der Waals surface area contributed by atoms with E-state index in [0.29, 0.717) is 11.4 Å². The molecular weight excluding hydrogens is 340 g/mol. The summed E-state index contributed by atoms with van der Waals surface area (Å²) in [4.78, 5) is 35.0. The Morgan fingerprint density at radius 1 is 1.04 bits per heavy atom. The second-order valence-electron chi connectivity index (χ2n) is 5.38. The summed E-state index contributed by atoms with van der Waals surface area (Å²) < 4.78 is 0. The number of carboxylic acid groups (broad SMARTS) is 1. The summed E-state index contributed by atoms with van der Waals surface area (Å²) in [5.41, 5.74) is 2.11. The van der Waals surface area contributed by atoms with Crippen molar-refractivity contribution < 1.29 is 19.5 Å². The molecule has 0 aromatic heterocycles. The maximum Gasteiger partial charge on any atom is 0.335 e. The van der Waals surface area contributed by atoms with Gasteiger partial charge >= 0.3 is 5.97 Å². The van der Waals surface area contributed by atoms with E-state index in [4.69, 9.17) is 5.11 Å². The standard InChI is InChI=1S/C18H18N2O4S/c1-11-3-4-13(18(23)24)9-16(11)20-17(22)10-25-15-7-5-14(6-8-15)19-12(2)21/h3-9H,10H2,1-2H3,(H,19,21)(H,20,22)(H,23,24). The average Bonchev–Trinajstić information content (AvgIpc) is 2.55. The summed E-state index contributed by atoms with van der Waals surface area (Å²) in [6.45, 7) is 3.24. The molecule has 0 radical (unpaired) electrons. The van der Waals surface area contributed by atoms with Gasteiger partial charge in [-0.05, 0) is 48.9 Å². The van der Waals surface area contributed by atoms with Crippen LogP contribution < -0.4 is 10.6 Å². The molecule has 0 unspecified atom stereocenters. The Hall–Kier alpha value is -2.80. The van der Waals surface area contributed by atoms with Crippen molar-refractivity contribution in [2.24, 2.45) is 0 Å². The predicted molar refractivity (Wildman–Crippen MR) is 98.2 cm³/mol. The fourth-order valence-electron chi connectivity index (χ4n) is 2.06. The summed E-state index contributed by atoms with van der Waals surface area (Å²) in [5, 5.41) is 14.4. The number of amides is 2. The topological polar surface area (TPSA) is 95.5 Å². The molecule has 6 nitrogen and oxygen atoms in total. The molecule has 0 fully saturated rings. The van der Waals surface area contributed by atoms with Crippen LogP contribution in [0.15, 0.2) is 47.4 Å². The Morgan fingerprint density at radius 2 is 1.72 bits per heavy atom. The first-order chi connectivity index (χ1) is 11.8. The molecule has 0 spiro atoms. The van der Waals surface area contributed by atoms with Crippen LogP contribution in [0.5, 0.6) is 0 Å². The first-order valence-corrected chi connectivity index (χ1v) is 8.48. The minimum atomic E-state index is -1.04. The SMILES string of the molecule is CC(=O)Nc1ccc(SCC(=O)Nc2cc(C(=O)O)ccc2C)cc1. The fourth-order valence-corrected chi connectivity index (χ4v) is 2.76. The lowest BCUT2D eigenvalue weighted by Crippen LogP contribution is -2.15. The molecule has 0 atom stereocenters. The summed E-state index contributed by atoms with van der Waals surface area (Å²) in [6.07, 6.45) is 0. The molecule has 2 aromatic rings. The van der Waals surface area contributed by atoms with E-state index in [9.17, 15) is 14.4 Å². The summed E-state index contributed by atoms with van der Waals surface area (Å²) in [6, 6.07) is 11.8. The number of aryl methyl sites for hydroxylation is 1. The van der Waals surface area contributed by atoms with Crippen molar-refractivity contribution in [1.82, 2.24) is 0 Å². The van der Waals surface area contributed by atoms with Gasteiger partial charge in [-0.2, -0.15) is 0 Å². The number of rotatable bonds is 6. The highest BCUT2D eigenvalue weighted by atomic mass is 32.2. The predicted octanol–water partition coefficient (Wildman–Crippen LogP) is 3.38. The molecule has 2 amide bonds. The van der Waals surface area contributed by atoms with Crippen LogP contribution in [-0.2, 0) is 9.59 Å². The third-order valence-electron chi connectivity index (χ3n) is 3.30. The number of anilines is 2. The number of carboxylic acids is 1.